The van der Waals surface area contributed by atoms with Gasteiger partial charge in [-0.25, -0.2) is 18.6 Å². The van der Waals surface area contributed by atoms with Gasteiger partial charge in [0.2, 0.25) is 0 Å². The van der Waals surface area contributed by atoms with E-state index in [1.807, 2.05) is 42.5 Å². The Hall–Kier alpha value is -3.88. The SMILES string of the molecule is COCCN1C[C@@H](NC(=O)Nc2cc3ccccc3nc2-c2cc(F)cc(F)c2)[C@H](c2ccccc2)C1. The third-order valence-corrected chi connectivity index (χ3v) is 6.66. The first-order valence-corrected chi connectivity index (χ1v) is 12.2. The molecular weight excluding hydrogens is 474 g/mol. The van der Waals surface area contributed by atoms with Gasteiger partial charge in [0.1, 0.15) is 11.6 Å². The van der Waals surface area contributed by atoms with Crippen molar-refractivity contribution in [2.45, 2.75) is 12.0 Å². The first-order valence-electron chi connectivity index (χ1n) is 12.2. The van der Waals surface area contributed by atoms with Crippen LogP contribution in [-0.4, -0.2) is 55.3 Å². The Labute approximate surface area is 214 Å². The van der Waals surface area contributed by atoms with Crippen LogP contribution < -0.4 is 10.6 Å². The molecule has 1 fully saturated rings. The van der Waals surface area contributed by atoms with Gasteiger partial charge < -0.3 is 15.4 Å². The number of nitrogens with zero attached hydrogens (tertiary/aromatic N) is 2. The minimum Gasteiger partial charge on any atom is -0.383 e. The lowest BCUT2D eigenvalue weighted by Crippen LogP contribution is -2.42. The monoisotopic (exact) mass is 502 g/mol. The van der Waals surface area contributed by atoms with Crippen LogP contribution in [0, 0.1) is 11.6 Å². The number of anilines is 1. The molecule has 1 aliphatic rings. The van der Waals surface area contributed by atoms with Gasteiger partial charge in [-0.3, -0.25) is 4.90 Å². The number of para-hydroxylation sites is 1. The fourth-order valence-corrected chi connectivity index (χ4v) is 4.92. The molecule has 4 aromatic rings. The average molecular weight is 503 g/mol. The fourth-order valence-electron chi connectivity index (χ4n) is 4.92. The van der Waals surface area contributed by atoms with Crippen LogP contribution in [0.1, 0.15) is 11.5 Å². The number of carbonyl (C=O) groups excluding carboxylic acids is 1. The third kappa shape index (κ3) is 5.76. The highest BCUT2D eigenvalue weighted by molar-refractivity contribution is 5.97. The summed E-state index contributed by atoms with van der Waals surface area (Å²) < 4.78 is 33.3. The Morgan fingerprint density at radius 1 is 1.00 bits per heavy atom. The predicted molar refractivity (Wildman–Crippen MR) is 141 cm³/mol. The molecule has 2 amide bonds. The highest BCUT2D eigenvalue weighted by atomic mass is 19.1. The van der Waals surface area contributed by atoms with E-state index < -0.39 is 17.7 Å². The Morgan fingerprint density at radius 2 is 1.73 bits per heavy atom. The number of fused-ring (bicyclic) bond motifs is 1. The van der Waals surface area contributed by atoms with Gasteiger partial charge in [0.25, 0.3) is 0 Å². The van der Waals surface area contributed by atoms with E-state index in [-0.39, 0.29) is 17.5 Å². The van der Waals surface area contributed by atoms with Crippen LogP contribution in [0.2, 0.25) is 0 Å². The second-order valence-electron chi connectivity index (χ2n) is 9.21. The number of hydrogen-bond donors (Lipinski definition) is 2. The summed E-state index contributed by atoms with van der Waals surface area (Å²) in [7, 11) is 1.67. The molecule has 5 rings (SSSR count). The number of nitrogens with one attached hydrogen (secondary N) is 2. The zero-order chi connectivity index (χ0) is 25.8. The smallest absolute Gasteiger partial charge is 0.319 e. The molecule has 1 aliphatic heterocycles. The molecule has 1 aromatic heterocycles. The standard InChI is InChI=1S/C29H28F2N4O2/c1-37-12-11-35-17-24(19-7-3-2-4-8-19)27(18-35)34-29(36)33-26-15-20-9-5-6-10-25(20)32-28(26)21-13-22(30)16-23(31)14-21/h2-10,13-16,24,27H,11-12,17-18H2,1H3,(H2,33,34,36)/t24-,27+/m0/s1. The van der Waals surface area contributed by atoms with Crippen LogP contribution in [0.15, 0.2) is 78.9 Å². The van der Waals surface area contributed by atoms with Crippen molar-refractivity contribution in [2.75, 3.05) is 38.7 Å². The summed E-state index contributed by atoms with van der Waals surface area (Å²) in [6.07, 6.45) is 0. The van der Waals surface area contributed by atoms with Crippen molar-refractivity contribution >= 4 is 22.6 Å². The van der Waals surface area contributed by atoms with Crippen LogP contribution >= 0.6 is 0 Å². The molecule has 37 heavy (non-hydrogen) atoms. The number of halogens is 2. The average Bonchev–Trinajstić information content (AvgIpc) is 3.29. The van der Waals surface area contributed by atoms with E-state index in [0.29, 0.717) is 30.0 Å². The number of pyridine rings is 1. The maximum absolute atomic E-state index is 14.0. The van der Waals surface area contributed by atoms with Crippen molar-refractivity contribution in [3.8, 4) is 11.3 Å². The molecule has 2 heterocycles. The van der Waals surface area contributed by atoms with E-state index >= 15 is 0 Å². The number of carbonyl (C=O) groups is 1. The second kappa shape index (κ2) is 11.0. The van der Waals surface area contributed by atoms with E-state index in [0.717, 1.165) is 30.1 Å². The highest BCUT2D eigenvalue weighted by Gasteiger charge is 2.34. The Kier molecular flexibility index (Phi) is 7.39. The normalized spacial score (nSPS) is 17.7. The molecular formula is C29H28F2N4O2. The summed E-state index contributed by atoms with van der Waals surface area (Å²) >= 11 is 0. The molecule has 0 bridgehead atoms. The third-order valence-electron chi connectivity index (χ3n) is 6.66. The number of methoxy groups -OCH3 is 1. The Morgan fingerprint density at radius 3 is 2.49 bits per heavy atom. The molecule has 6 nitrogen and oxygen atoms in total. The molecule has 2 atom stereocenters. The molecule has 0 aliphatic carbocycles. The van der Waals surface area contributed by atoms with Crippen molar-refractivity contribution < 1.29 is 18.3 Å². The predicted octanol–water partition coefficient (Wildman–Crippen LogP) is 5.42. The van der Waals surface area contributed by atoms with Crippen LogP contribution in [0.25, 0.3) is 22.2 Å². The first kappa shape index (κ1) is 24.8. The van der Waals surface area contributed by atoms with Crippen LogP contribution in [0.4, 0.5) is 19.3 Å². The number of urea groups is 1. The summed E-state index contributed by atoms with van der Waals surface area (Å²) in [5.41, 5.74) is 2.71. The quantitative estimate of drug-likeness (QED) is 0.354. The maximum Gasteiger partial charge on any atom is 0.319 e. The number of ether oxygens (including phenoxy) is 1. The Bertz CT molecular complexity index is 1380. The molecule has 8 heteroatoms. The summed E-state index contributed by atoms with van der Waals surface area (Å²) in [4.78, 5) is 20.2. The molecule has 190 valence electrons. The van der Waals surface area contributed by atoms with Gasteiger partial charge in [0, 0.05) is 49.7 Å². The number of likely N-dealkylation sites (tertiary alicyclic amines) is 1. The van der Waals surface area contributed by atoms with Crippen molar-refractivity contribution in [1.29, 1.82) is 0 Å². The second-order valence-corrected chi connectivity index (χ2v) is 9.21. The lowest BCUT2D eigenvalue weighted by molar-refractivity contribution is 0.159. The molecule has 2 N–H and O–H groups in total. The van der Waals surface area contributed by atoms with E-state index in [9.17, 15) is 13.6 Å². The molecule has 3 aromatic carbocycles. The minimum atomic E-state index is -0.715. The van der Waals surface area contributed by atoms with Gasteiger partial charge >= 0.3 is 6.03 Å². The van der Waals surface area contributed by atoms with Crippen molar-refractivity contribution in [3.05, 3.63) is 96.1 Å². The molecule has 0 radical (unpaired) electrons. The van der Waals surface area contributed by atoms with Crippen molar-refractivity contribution in [2.24, 2.45) is 0 Å². The van der Waals surface area contributed by atoms with Gasteiger partial charge in [-0.05, 0) is 29.8 Å². The lowest BCUT2D eigenvalue weighted by atomic mass is 9.94. The van der Waals surface area contributed by atoms with Gasteiger partial charge in [-0.15, -0.1) is 0 Å². The van der Waals surface area contributed by atoms with Crippen molar-refractivity contribution in [3.63, 3.8) is 0 Å². The number of benzene rings is 3. The maximum atomic E-state index is 14.0. The van der Waals surface area contributed by atoms with Crippen LogP contribution in [0.5, 0.6) is 0 Å². The number of aromatic nitrogens is 1. The number of amides is 2. The summed E-state index contributed by atoms with van der Waals surface area (Å²) in [6, 6.07) is 21.9. The Balaban J connectivity index is 1.42. The molecule has 0 saturated carbocycles. The van der Waals surface area contributed by atoms with Gasteiger partial charge in [0.05, 0.1) is 29.5 Å². The van der Waals surface area contributed by atoms with Gasteiger partial charge in [-0.1, -0.05) is 48.5 Å². The van der Waals surface area contributed by atoms with Crippen LogP contribution in [-0.2, 0) is 4.74 Å². The zero-order valence-electron chi connectivity index (χ0n) is 20.5. The first-order chi connectivity index (χ1) is 18.0. The molecule has 0 unspecified atom stereocenters. The topological polar surface area (TPSA) is 66.5 Å². The van der Waals surface area contributed by atoms with E-state index in [1.54, 1.807) is 13.2 Å². The van der Waals surface area contributed by atoms with E-state index in [1.165, 1.54) is 12.1 Å². The summed E-state index contributed by atoms with van der Waals surface area (Å²) in [5.74, 6) is -1.32. The largest absolute Gasteiger partial charge is 0.383 e. The minimum absolute atomic E-state index is 0.107. The lowest BCUT2D eigenvalue weighted by Gasteiger charge is -2.21. The van der Waals surface area contributed by atoms with Gasteiger partial charge in [0.15, 0.2) is 0 Å². The highest BCUT2D eigenvalue weighted by Crippen LogP contribution is 2.32. The molecule has 1 saturated heterocycles. The summed E-state index contributed by atoms with van der Waals surface area (Å²) in [5, 5.41) is 6.82. The summed E-state index contributed by atoms with van der Waals surface area (Å²) in [6.45, 7) is 2.85. The zero-order valence-corrected chi connectivity index (χ0v) is 20.5. The number of rotatable bonds is 7. The van der Waals surface area contributed by atoms with E-state index in [2.05, 4.69) is 32.7 Å². The molecule has 0 spiro atoms. The fraction of sp³-hybridized carbons (Fsp3) is 0.241. The van der Waals surface area contributed by atoms with Crippen molar-refractivity contribution in [1.82, 2.24) is 15.2 Å². The van der Waals surface area contributed by atoms with Crippen LogP contribution in [0.3, 0.4) is 0 Å². The number of hydrogen-bond acceptors (Lipinski definition) is 4. The van der Waals surface area contributed by atoms with Gasteiger partial charge in [-0.2, -0.15) is 0 Å². The van der Waals surface area contributed by atoms with E-state index in [4.69, 9.17) is 4.74 Å².